The summed E-state index contributed by atoms with van der Waals surface area (Å²) in [5, 5.41) is 0. The highest BCUT2D eigenvalue weighted by atomic mass is 16.2. The Morgan fingerprint density at radius 1 is 1.25 bits per heavy atom. The summed E-state index contributed by atoms with van der Waals surface area (Å²) in [5.41, 5.74) is 10.6. The fourth-order valence-electron chi connectivity index (χ4n) is 1.81. The maximum absolute atomic E-state index is 11.9. The van der Waals surface area contributed by atoms with Crippen LogP contribution in [0, 0.1) is 0 Å². The van der Waals surface area contributed by atoms with Gasteiger partial charge in [0.15, 0.2) is 0 Å². The van der Waals surface area contributed by atoms with Gasteiger partial charge in [-0.25, -0.2) is 0 Å². The Balaban J connectivity index is 2.49. The van der Waals surface area contributed by atoms with E-state index >= 15 is 0 Å². The Hall–Kier alpha value is -1.14. The highest BCUT2D eigenvalue weighted by Gasteiger charge is 2.23. The van der Waals surface area contributed by atoms with E-state index in [4.69, 9.17) is 11.5 Å². The highest BCUT2D eigenvalue weighted by molar-refractivity contribution is 5.87. The van der Waals surface area contributed by atoms with Crippen LogP contribution in [0.15, 0.2) is 0 Å². The van der Waals surface area contributed by atoms with Crippen LogP contribution in [0.25, 0.3) is 0 Å². The maximum Gasteiger partial charge on any atom is 0.240 e. The van der Waals surface area contributed by atoms with Gasteiger partial charge in [-0.3, -0.25) is 9.59 Å². The van der Waals surface area contributed by atoms with Gasteiger partial charge >= 0.3 is 0 Å². The van der Waals surface area contributed by atoms with Gasteiger partial charge in [-0.05, 0) is 20.0 Å². The van der Waals surface area contributed by atoms with E-state index in [-0.39, 0.29) is 12.3 Å². The Kier molecular flexibility index (Phi) is 4.70. The summed E-state index contributed by atoms with van der Waals surface area (Å²) in [4.78, 5) is 26.4. The van der Waals surface area contributed by atoms with E-state index in [0.717, 1.165) is 19.5 Å². The van der Waals surface area contributed by atoms with Crippen LogP contribution in [0.2, 0.25) is 0 Å². The number of primary amides is 1. The SMILES string of the molecule is CN1CCCN(C(=O)C(N)CC(N)=O)CC1. The van der Waals surface area contributed by atoms with Crippen molar-refractivity contribution in [2.45, 2.75) is 18.9 Å². The highest BCUT2D eigenvalue weighted by Crippen LogP contribution is 2.04. The molecule has 1 unspecified atom stereocenters. The summed E-state index contributed by atoms with van der Waals surface area (Å²) < 4.78 is 0. The summed E-state index contributed by atoms with van der Waals surface area (Å²) >= 11 is 0. The van der Waals surface area contributed by atoms with E-state index in [1.54, 1.807) is 4.90 Å². The number of carbonyl (C=O) groups is 2. The molecule has 1 saturated heterocycles. The molecular formula is C10H20N4O2. The van der Waals surface area contributed by atoms with Crippen molar-refractivity contribution in [3.05, 3.63) is 0 Å². The standard InChI is InChI=1S/C10H20N4O2/c1-13-3-2-4-14(6-5-13)10(16)8(11)7-9(12)15/h8H,2-7,11H2,1H3,(H2,12,15). The third-order valence-electron chi connectivity index (χ3n) is 2.77. The normalized spacial score (nSPS) is 20.2. The summed E-state index contributed by atoms with van der Waals surface area (Å²) in [6, 6.07) is -0.791. The molecule has 0 aromatic rings. The van der Waals surface area contributed by atoms with Gasteiger partial charge in [0.2, 0.25) is 11.8 Å². The molecule has 0 aromatic heterocycles. The second-order valence-electron chi connectivity index (χ2n) is 4.26. The first-order valence-corrected chi connectivity index (χ1v) is 5.52. The fraction of sp³-hybridized carbons (Fsp3) is 0.800. The molecule has 16 heavy (non-hydrogen) atoms. The first kappa shape index (κ1) is 12.9. The van der Waals surface area contributed by atoms with E-state index in [1.807, 2.05) is 7.05 Å². The lowest BCUT2D eigenvalue weighted by molar-refractivity contribution is -0.134. The molecule has 2 amide bonds. The lowest BCUT2D eigenvalue weighted by Gasteiger charge is -2.23. The summed E-state index contributed by atoms with van der Waals surface area (Å²) in [5.74, 6) is -0.707. The lowest BCUT2D eigenvalue weighted by atomic mass is 10.2. The van der Waals surface area contributed by atoms with Gasteiger partial charge in [-0.2, -0.15) is 0 Å². The number of amides is 2. The third kappa shape index (κ3) is 3.79. The van der Waals surface area contributed by atoms with E-state index in [0.29, 0.717) is 13.1 Å². The summed E-state index contributed by atoms with van der Waals surface area (Å²) in [6.07, 6.45) is 0.858. The van der Waals surface area contributed by atoms with Crippen molar-refractivity contribution < 1.29 is 9.59 Å². The minimum atomic E-state index is -0.791. The van der Waals surface area contributed by atoms with Crippen molar-refractivity contribution >= 4 is 11.8 Å². The fourth-order valence-corrected chi connectivity index (χ4v) is 1.81. The van der Waals surface area contributed by atoms with Gasteiger partial charge in [0.05, 0.1) is 12.5 Å². The van der Waals surface area contributed by atoms with Crippen LogP contribution in [0.1, 0.15) is 12.8 Å². The summed E-state index contributed by atoms with van der Waals surface area (Å²) in [7, 11) is 2.03. The van der Waals surface area contributed by atoms with Crippen molar-refractivity contribution in [2.24, 2.45) is 11.5 Å². The average Bonchev–Trinajstić information content (AvgIpc) is 2.41. The van der Waals surface area contributed by atoms with Crippen LogP contribution in [0.4, 0.5) is 0 Å². The Bertz CT molecular complexity index is 270. The Morgan fingerprint density at radius 2 is 1.94 bits per heavy atom. The van der Waals surface area contributed by atoms with Crippen molar-refractivity contribution in [3.63, 3.8) is 0 Å². The second-order valence-corrected chi connectivity index (χ2v) is 4.26. The largest absolute Gasteiger partial charge is 0.370 e. The molecule has 0 spiro atoms. The van der Waals surface area contributed by atoms with Crippen molar-refractivity contribution in [3.8, 4) is 0 Å². The number of carbonyl (C=O) groups excluding carboxylic acids is 2. The van der Waals surface area contributed by atoms with Gasteiger partial charge in [-0.1, -0.05) is 0 Å². The van der Waals surface area contributed by atoms with E-state index in [9.17, 15) is 9.59 Å². The molecule has 0 saturated carbocycles. The van der Waals surface area contributed by atoms with Crippen LogP contribution in [-0.2, 0) is 9.59 Å². The number of nitrogens with zero attached hydrogens (tertiary/aromatic N) is 2. The van der Waals surface area contributed by atoms with E-state index in [1.165, 1.54) is 0 Å². The van der Waals surface area contributed by atoms with Crippen molar-refractivity contribution in [1.29, 1.82) is 0 Å². The number of rotatable bonds is 3. The van der Waals surface area contributed by atoms with Crippen LogP contribution < -0.4 is 11.5 Å². The summed E-state index contributed by atoms with van der Waals surface area (Å²) in [6.45, 7) is 3.20. The van der Waals surface area contributed by atoms with Gasteiger partial charge in [0.1, 0.15) is 0 Å². The monoisotopic (exact) mass is 228 g/mol. The number of nitrogens with two attached hydrogens (primary N) is 2. The number of hydrogen-bond donors (Lipinski definition) is 2. The minimum absolute atomic E-state index is 0.0782. The molecule has 1 atom stereocenters. The molecule has 1 aliphatic rings. The molecule has 0 aromatic carbocycles. The molecule has 6 heteroatoms. The molecule has 4 N–H and O–H groups in total. The zero-order valence-electron chi connectivity index (χ0n) is 9.69. The van der Waals surface area contributed by atoms with Gasteiger partial charge in [0, 0.05) is 19.6 Å². The predicted octanol–water partition coefficient (Wildman–Crippen LogP) is -1.65. The molecule has 0 radical (unpaired) electrons. The van der Waals surface area contributed by atoms with E-state index in [2.05, 4.69) is 4.90 Å². The maximum atomic E-state index is 11.9. The molecule has 1 heterocycles. The van der Waals surface area contributed by atoms with Gasteiger partial charge in [0.25, 0.3) is 0 Å². The lowest BCUT2D eigenvalue weighted by Crippen LogP contribution is -2.46. The molecular weight excluding hydrogens is 208 g/mol. The van der Waals surface area contributed by atoms with Crippen LogP contribution in [0.3, 0.4) is 0 Å². The zero-order chi connectivity index (χ0) is 12.1. The smallest absolute Gasteiger partial charge is 0.240 e. The number of hydrogen-bond acceptors (Lipinski definition) is 4. The zero-order valence-corrected chi connectivity index (χ0v) is 9.69. The average molecular weight is 228 g/mol. The van der Waals surface area contributed by atoms with Gasteiger partial charge < -0.3 is 21.3 Å². The first-order chi connectivity index (χ1) is 7.50. The topological polar surface area (TPSA) is 92.7 Å². The first-order valence-electron chi connectivity index (χ1n) is 5.52. The third-order valence-corrected chi connectivity index (χ3v) is 2.77. The van der Waals surface area contributed by atoms with Crippen molar-refractivity contribution in [1.82, 2.24) is 9.80 Å². The van der Waals surface area contributed by atoms with Crippen LogP contribution >= 0.6 is 0 Å². The Labute approximate surface area is 95.5 Å². The molecule has 1 aliphatic heterocycles. The minimum Gasteiger partial charge on any atom is -0.370 e. The van der Waals surface area contributed by atoms with Crippen molar-refractivity contribution in [2.75, 3.05) is 33.2 Å². The van der Waals surface area contributed by atoms with Crippen LogP contribution in [-0.4, -0.2) is 60.9 Å². The molecule has 1 rings (SSSR count). The molecule has 0 aliphatic carbocycles. The molecule has 0 bridgehead atoms. The molecule has 1 fully saturated rings. The van der Waals surface area contributed by atoms with E-state index < -0.39 is 11.9 Å². The van der Waals surface area contributed by atoms with Crippen LogP contribution in [0.5, 0.6) is 0 Å². The number of likely N-dealkylation sites (N-methyl/N-ethyl adjacent to an activating group) is 1. The quantitative estimate of drug-likeness (QED) is 0.605. The second kappa shape index (κ2) is 5.81. The Morgan fingerprint density at radius 3 is 2.56 bits per heavy atom. The van der Waals surface area contributed by atoms with Gasteiger partial charge in [-0.15, -0.1) is 0 Å². The molecule has 6 nitrogen and oxygen atoms in total. The predicted molar refractivity (Wildman–Crippen MR) is 60.5 cm³/mol. The molecule has 92 valence electrons.